The van der Waals surface area contributed by atoms with Gasteiger partial charge in [0.15, 0.2) is 7.79 Å². The summed E-state index contributed by atoms with van der Waals surface area (Å²) in [6.45, 7) is 1.36. The molecule has 1 aromatic heterocycles. The lowest BCUT2D eigenvalue weighted by Crippen LogP contribution is -2.29. The number of furan rings is 1. The van der Waals surface area contributed by atoms with E-state index in [-0.39, 0.29) is 6.42 Å². The molecular formula is C21H22N2O3P. The Morgan fingerprint density at radius 3 is 1.93 bits per heavy atom. The minimum atomic E-state index is -2.96. The number of anilines is 2. The van der Waals surface area contributed by atoms with Crippen LogP contribution in [0.3, 0.4) is 0 Å². The number of hydrogen-bond acceptors (Lipinski definition) is 5. The van der Waals surface area contributed by atoms with Gasteiger partial charge in [0.1, 0.15) is 12.0 Å². The van der Waals surface area contributed by atoms with Gasteiger partial charge in [-0.1, -0.05) is 36.4 Å². The van der Waals surface area contributed by atoms with Crippen molar-refractivity contribution in [1.29, 1.82) is 0 Å². The number of aldehydes is 1. The van der Waals surface area contributed by atoms with Crippen molar-refractivity contribution in [3.8, 4) is 0 Å². The Balaban J connectivity index is 1.85. The lowest BCUT2D eigenvalue weighted by Gasteiger charge is -2.46. The Hall–Kier alpha value is -2.62. The Morgan fingerprint density at radius 1 is 0.926 bits per heavy atom. The first kappa shape index (κ1) is 17.8. The summed E-state index contributed by atoms with van der Waals surface area (Å²) in [5.41, 5.74) is 1.48. The van der Waals surface area contributed by atoms with Crippen LogP contribution in [-0.4, -0.2) is 24.3 Å². The van der Waals surface area contributed by atoms with Crippen LogP contribution in [0, 0.1) is 0 Å². The van der Waals surface area contributed by atoms with Gasteiger partial charge in [0.25, 0.3) is 0 Å². The average Bonchev–Trinajstić information content (AvgIpc) is 3.36. The molecule has 1 aliphatic heterocycles. The fourth-order valence-corrected chi connectivity index (χ4v) is 7.25. The summed E-state index contributed by atoms with van der Waals surface area (Å²) in [7, 11) is -2.96. The summed E-state index contributed by atoms with van der Waals surface area (Å²) in [4.78, 5) is 23.7. The Kier molecular flexibility index (Phi) is 4.97. The fraction of sp³-hybridized carbons (Fsp3) is 0.190. The van der Waals surface area contributed by atoms with Gasteiger partial charge < -0.3 is 23.4 Å². The first-order chi connectivity index (χ1) is 13.2. The predicted octanol–water partition coefficient (Wildman–Crippen LogP) is 4.69. The predicted molar refractivity (Wildman–Crippen MR) is 109 cm³/mol. The van der Waals surface area contributed by atoms with Crippen molar-refractivity contribution < 1.29 is 14.1 Å². The van der Waals surface area contributed by atoms with E-state index >= 15 is 0 Å². The van der Waals surface area contributed by atoms with E-state index in [0.29, 0.717) is 18.8 Å². The van der Waals surface area contributed by atoms with Crippen molar-refractivity contribution in [3.05, 3.63) is 84.8 Å². The summed E-state index contributed by atoms with van der Waals surface area (Å²) < 4.78 is 9.78. The van der Waals surface area contributed by atoms with Crippen molar-refractivity contribution >= 4 is 25.5 Å². The first-order valence-electron chi connectivity index (χ1n) is 9.00. The van der Waals surface area contributed by atoms with Gasteiger partial charge in [-0.05, 0) is 36.4 Å². The molecule has 0 spiro atoms. The SMILES string of the molecule is O=CCC(c1ccco1)[P]1(O)N(c2ccccc2)CCN1c1ccccc1. The van der Waals surface area contributed by atoms with Gasteiger partial charge in [0.05, 0.1) is 11.9 Å². The van der Waals surface area contributed by atoms with Crippen LogP contribution in [-0.2, 0) is 4.79 Å². The van der Waals surface area contributed by atoms with E-state index in [0.717, 1.165) is 17.7 Å². The van der Waals surface area contributed by atoms with E-state index in [1.165, 1.54) is 0 Å². The van der Waals surface area contributed by atoms with Crippen LogP contribution in [0.25, 0.3) is 0 Å². The minimum absolute atomic E-state index is 0.199. The summed E-state index contributed by atoms with van der Waals surface area (Å²) in [6.07, 6.45) is 2.66. The van der Waals surface area contributed by atoms with Gasteiger partial charge in [-0.15, -0.1) is 0 Å². The van der Waals surface area contributed by atoms with Gasteiger partial charge in [0.2, 0.25) is 0 Å². The van der Waals surface area contributed by atoms with Gasteiger partial charge in [-0.25, -0.2) is 0 Å². The molecule has 1 fully saturated rings. The van der Waals surface area contributed by atoms with Crippen molar-refractivity contribution in [2.24, 2.45) is 0 Å². The largest absolute Gasteiger partial charge is 0.468 e. The Labute approximate surface area is 159 Å². The van der Waals surface area contributed by atoms with E-state index in [1.54, 1.807) is 12.3 Å². The minimum Gasteiger partial charge on any atom is -0.468 e. The molecule has 2 heterocycles. The maximum atomic E-state index is 12.2. The molecule has 1 saturated heterocycles. The van der Waals surface area contributed by atoms with Crippen molar-refractivity contribution in [1.82, 2.24) is 0 Å². The highest BCUT2D eigenvalue weighted by molar-refractivity contribution is 7.74. The molecule has 1 unspecified atom stereocenters. The molecule has 3 aromatic rings. The standard InChI is InChI=1S/C21H22N2O3P/c24-16-13-21(20-12-7-17-26-20)27(25)22(18-8-3-1-4-9-18)14-15-23(27)19-10-5-2-6-11-19/h1-12,16-17,21,25H,13-15H2. The maximum Gasteiger partial charge on any atom is 0.172 e. The summed E-state index contributed by atoms with van der Waals surface area (Å²) in [6, 6.07) is 23.4. The monoisotopic (exact) mass is 381 g/mol. The number of carbonyl (C=O) groups excluding carboxylic acids is 1. The highest BCUT2D eigenvalue weighted by Gasteiger charge is 2.52. The number of rotatable bonds is 6. The van der Waals surface area contributed by atoms with Gasteiger partial charge in [0, 0.05) is 30.9 Å². The normalized spacial score (nSPS) is 17.1. The first-order valence-corrected chi connectivity index (χ1v) is 10.7. The van der Waals surface area contributed by atoms with Gasteiger partial charge >= 0.3 is 0 Å². The third kappa shape index (κ3) is 3.14. The third-order valence-corrected chi connectivity index (χ3v) is 8.54. The summed E-state index contributed by atoms with van der Waals surface area (Å²) in [5, 5.41) is 0. The highest BCUT2D eigenvalue weighted by atomic mass is 31.2. The number of para-hydroxylation sites is 2. The maximum absolute atomic E-state index is 12.2. The van der Waals surface area contributed by atoms with Gasteiger partial charge in [-0.3, -0.25) is 0 Å². The molecule has 5 nitrogen and oxygen atoms in total. The lowest BCUT2D eigenvalue weighted by molar-refractivity contribution is -0.108. The van der Waals surface area contributed by atoms with Crippen molar-refractivity contribution in [3.63, 3.8) is 0 Å². The molecule has 0 aliphatic carbocycles. The van der Waals surface area contributed by atoms with Crippen LogP contribution in [0.15, 0.2) is 83.5 Å². The summed E-state index contributed by atoms with van der Waals surface area (Å²) >= 11 is 0. The van der Waals surface area contributed by atoms with E-state index < -0.39 is 13.4 Å². The van der Waals surface area contributed by atoms with Gasteiger partial charge in [-0.2, -0.15) is 0 Å². The molecule has 0 saturated carbocycles. The second-order valence-electron chi connectivity index (χ2n) is 6.47. The molecule has 139 valence electrons. The highest BCUT2D eigenvalue weighted by Crippen LogP contribution is 2.75. The lowest BCUT2D eigenvalue weighted by atomic mass is 10.2. The molecule has 6 heteroatoms. The second kappa shape index (κ2) is 7.55. The average molecular weight is 381 g/mol. The van der Waals surface area contributed by atoms with Crippen LogP contribution in [0.4, 0.5) is 11.4 Å². The van der Waals surface area contributed by atoms with E-state index in [1.807, 2.05) is 66.7 Å². The Morgan fingerprint density at radius 2 is 1.48 bits per heavy atom. The summed E-state index contributed by atoms with van der Waals surface area (Å²) in [5.74, 6) is 0.640. The molecule has 4 rings (SSSR count). The van der Waals surface area contributed by atoms with Crippen LogP contribution in [0.2, 0.25) is 0 Å². The van der Waals surface area contributed by atoms with E-state index in [4.69, 9.17) is 4.42 Å². The quantitative estimate of drug-likeness (QED) is 0.496. The topological polar surface area (TPSA) is 56.9 Å². The van der Waals surface area contributed by atoms with Crippen LogP contribution < -0.4 is 9.34 Å². The van der Waals surface area contributed by atoms with E-state index in [2.05, 4.69) is 9.34 Å². The van der Waals surface area contributed by atoms with Crippen LogP contribution >= 0.6 is 7.79 Å². The van der Waals surface area contributed by atoms with Crippen molar-refractivity contribution in [2.45, 2.75) is 12.1 Å². The Bertz CT molecular complexity index is 823. The third-order valence-electron chi connectivity index (χ3n) is 4.95. The zero-order chi connectivity index (χ0) is 18.7. The van der Waals surface area contributed by atoms with Crippen LogP contribution in [0.5, 0.6) is 0 Å². The van der Waals surface area contributed by atoms with E-state index in [9.17, 15) is 9.69 Å². The number of carbonyl (C=O) groups is 1. The van der Waals surface area contributed by atoms with Crippen molar-refractivity contribution in [2.75, 3.05) is 22.4 Å². The molecule has 1 atom stereocenters. The molecule has 0 bridgehead atoms. The molecule has 2 aromatic carbocycles. The van der Waals surface area contributed by atoms with Crippen LogP contribution in [0.1, 0.15) is 17.8 Å². The zero-order valence-electron chi connectivity index (χ0n) is 14.9. The number of hydrogen-bond donors (Lipinski definition) is 1. The molecule has 1 radical (unpaired) electrons. The molecule has 1 N–H and O–H groups in total. The molecule has 1 aliphatic rings. The second-order valence-corrected chi connectivity index (χ2v) is 9.28. The molecule has 0 amide bonds. The number of benzene rings is 2. The zero-order valence-corrected chi connectivity index (χ0v) is 15.8. The number of nitrogens with zero attached hydrogens (tertiary/aromatic N) is 2. The molecular weight excluding hydrogens is 359 g/mol. The fourth-order valence-electron chi connectivity index (χ4n) is 3.75. The smallest absolute Gasteiger partial charge is 0.172 e. The molecule has 27 heavy (non-hydrogen) atoms.